The first kappa shape index (κ1) is 12.8. The van der Waals surface area contributed by atoms with Gasteiger partial charge in [-0.05, 0) is 33.0 Å². The molecule has 0 aliphatic carbocycles. The molecule has 1 aromatic rings. The Labute approximate surface area is 106 Å². The molecular weight excluding hydrogens is 232 g/mol. The van der Waals surface area contributed by atoms with Gasteiger partial charge >= 0.3 is 0 Å². The Morgan fingerprint density at radius 3 is 2.89 bits per heavy atom. The van der Waals surface area contributed by atoms with Crippen LogP contribution in [0.5, 0.6) is 0 Å². The van der Waals surface area contributed by atoms with Gasteiger partial charge in [0.2, 0.25) is 0 Å². The third-order valence-electron chi connectivity index (χ3n) is 3.31. The number of carbonyl (C=O) groups excluding carboxylic acids is 1. The van der Waals surface area contributed by atoms with Crippen LogP contribution in [0.2, 0.25) is 0 Å². The van der Waals surface area contributed by atoms with Crippen LogP contribution >= 0.6 is 0 Å². The summed E-state index contributed by atoms with van der Waals surface area (Å²) in [5, 5.41) is 6.07. The maximum atomic E-state index is 12.2. The summed E-state index contributed by atoms with van der Waals surface area (Å²) in [5.41, 5.74) is 0.00497. The van der Waals surface area contributed by atoms with Gasteiger partial charge in [-0.1, -0.05) is 0 Å². The molecular formula is C12H18N4O2. The van der Waals surface area contributed by atoms with Crippen molar-refractivity contribution >= 4 is 5.91 Å². The van der Waals surface area contributed by atoms with E-state index in [4.69, 9.17) is 0 Å². The summed E-state index contributed by atoms with van der Waals surface area (Å²) < 4.78 is 0. The van der Waals surface area contributed by atoms with Gasteiger partial charge in [-0.15, -0.1) is 0 Å². The number of aromatic nitrogens is 2. The molecule has 1 saturated heterocycles. The molecule has 2 rings (SSSR count). The lowest BCUT2D eigenvalue weighted by Gasteiger charge is -2.35. The van der Waals surface area contributed by atoms with E-state index < -0.39 is 0 Å². The van der Waals surface area contributed by atoms with Crippen LogP contribution in [0.25, 0.3) is 0 Å². The lowest BCUT2D eigenvalue weighted by atomic mass is 10.0. The standard InChI is InChI=1S/C12H18N4O2/c1-15(2)9-4-3-7-16(8-9)12(18)10-5-6-11(17)14-13-10/h5-6,9H,3-4,7-8H2,1-2H3,(H,14,17). The van der Waals surface area contributed by atoms with E-state index in [1.54, 1.807) is 4.90 Å². The molecule has 6 nitrogen and oxygen atoms in total. The number of amides is 1. The molecule has 1 fully saturated rings. The Hall–Kier alpha value is -1.69. The average molecular weight is 250 g/mol. The van der Waals surface area contributed by atoms with E-state index >= 15 is 0 Å². The summed E-state index contributed by atoms with van der Waals surface area (Å²) in [4.78, 5) is 27.1. The maximum Gasteiger partial charge on any atom is 0.274 e. The van der Waals surface area contributed by atoms with Crippen LogP contribution in [-0.2, 0) is 0 Å². The van der Waals surface area contributed by atoms with Gasteiger partial charge in [-0.25, -0.2) is 5.10 Å². The lowest BCUT2D eigenvalue weighted by molar-refractivity contribution is 0.0628. The first-order valence-corrected chi connectivity index (χ1v) is 6.09. The fourth-order valence-corrected chi connectivity index (χ4v) is 2.19. The normalized spacial score (nSPS) is 20.2. The third-order valence-corrected chi connectivity index (χ3v) is 3.31. The molecule has 1 atom stereocenters. The first-order chi connectivity index (χ1) is 8.58. The van der Waals surface area contributed by atoms with Crippen molar-refractivity contribution in [2.75, 3.05) is 27.2 Å². The van der Waals surface area contributed by atoms with Crippen molar-refractivity contribution in [2.45, 2.75) is 18.9 Å². The largest absolute Gasteiger partial charge is 0.336 e. The third kappa shape index (κ3) is 2.76. The zero-order chi connectivity index (χ0) is 13.1. The van der Waals surface area contributed by atoms with Crippen LogP contribution in [-0.4, -0.2) is 59.1 Å². The summed E-state index contributed by atoms with van der Waals surface area (Å²) in [6.45, 7) is 1.47. The highest BCUT2D eigenvalue weighted by Gasteiger charge is 2.26. The Bertz CT molecular complexity index is 463. The molecule has 98 valence electrons. The predicted molar refractivity (Wildman–Crippen MR) is 67.5 cm³/mol. The lowest BCUT2D eigenvalue weighted by Crippen LogP contribution is -2.47. The van der Waals surface area contributed by atoms with E-state index in [1.165, 1.54) is 12.1 Å². The van der Waals surface area contributed by atoms with E-state index in [9.17, 15) is 9.59 Å². The number of piperidine rings is 1. The van der Waals surface area contributed by atoms with Gasteiger partial charge in [-0.3, -0.25) is 9.59 Å². The molecule has 0 radical (unpaired) electrons. The topological polar surface area (TPSA) is 69.3 Å². The minimum atomic E-state index is -0.295. The molecule has 0 aromatic carbocycles. The second-order valence-electron chi connectivity index (χ2n) is 4.82. The number of nitrogens with one attached hydrogen (secondary N) is 1. The Morgan fingerprint density at radius 1 is 1.50 bits per heavy atom. The van der Waals surface area contributed by atoms with Gasteiger partial charge in [0.15, 0.2) is 0 Å². The van der Waals surface area contributed by atoms with Crippen LogP contribution < -0.4 is 5.56 Å². The van der Waals surface area contributed by atoms with Gasteiger partial charge in [0.25, 0.3) is 11.5 Å². The predicted octanol–water partition coefficient (Wildman–Crippen LogP) is -0.0639. The van der Waals surface area contributed by atoms with Crippen molar-refractivity contribution in [3.05, 3.63) is 28.2 Å². The van der Waals surface area contributed by atoms with Crippen molar-refractivity contribution in [2.24, 2.45) is 0 Å². The van der Waals surface area contributed by atoms with Gasteiger partial charge in [-0.2, -0.15) is 5.10 Å². The summed E-state index contributed by atoms with van der Waals surface area (Å²) in [7, 11) is 4.05. The van der Waals surface area contributed by atoms with Crippen LogP contribution in [0.1, 0.15) is 23.3 Å². The average Bonchev–Trinajstić information content (AvgIpc) is 2.39. The summed E-state index contributed by atoms with van der Waals surface area (Å²) in [5.74, 6) is -0.113. The molecule has 2 heterocycles. The summed E-state index contributed by atoms with van der Waals surface area (Å²) in [6.07, 6.45) is 2.10. The monoisotopic (exact) mass is 250 g/mol. The van der Waals surface area contributed by atoms with Crippen molar-refractivity contribution < 1.29 is 4.79 Å². The molecule has 18 heavy (non-hydrogen) atoms. The Balaban J connectivity index is 2.09. The molecule has 1 aromatic heterocycles. The second kappa shape index (κ2) is 5.30. The quantitative estimate of drug-likeness (QED) is 0.798. The highest BCUT2D eigenvalue weighted by molar-refractivity contribution is 5.92. The van der Waals surface area contributed by atoms with E-state index in [2.05, 4.69) is 15.1 Å². The van der Waals surface area contributed by atoms with E-state index in [0.29, 0.717) is 18.3 Å². The second-order valence-corrected chi connectivity index (χ2v) is 4.82. The number of carbonyl (C=O) groups is 1. The molecule has 1 unspecified atom stereocenters. The van der Waals surface area contributed by atoms with Crippen molar-refractivity contribution in [1.82, 2.24) is 20.0 Å². The Kier molecular flexibility index (Phi) is 3.76. The highest BCUT2D eigenvalue weighted by Crippen LogP contribution is 2.15. The number of hydrogen-bond donors (Lipinski definition) is 1. The minimum Gasteiger partial charge on any atom is -0.336 e. The zero-order valence-corrected chi connectivity index (χ0v) is 10.7. The van der Waals surface area contributed by atoms with Crippen molar-refractivity contribution in [1.29, 1.82) is 0 Å². The molecule has 1 aliphatic heterocycles. The molecule has 1 amide bonds. The first-order valence-electron chi connectivity index (χ1n) is 6.09. The van der Waals surface area contributed by atoms with Crippen LogP contribution in [0, 0.1) is 0 Å². The number of hydrogen-bond acceptors (Lipinski definition) is 4. The molecule has 1 N–H and O–H groups in total. The van der Waals surface area contributed by atoms with Gasteiger partial charge in [0, 0.05) is 25.2 Å². The number of aromatic amines is 1. The summed E-state index contributed by atoms with van der Waals surface area (Å²) >= 11 is 0. The molecule has 0 spiro atoms. The smallest absolute Gasteiger partial charge is 0.274 e. The number of rotatable bonds is 2. The fraction of sp³-hybridized carbons (Fsp3) is 0.583. The Morgan fingerprint density at radius 2 is 2.28 bits per heavy atom. The highest BCUT2D eigenvalue weighted by atomic mass is 16.2. The number of H-pyrrole nitrogens is 1. The fourth-order valence-electron chi connectivity index (χ4n) is 2.19. The van der Waals surface area contributed by atoms with Crippen LogP contribution in [0.15, 0.2) is 16.9 Å². The zero-order valence-electron chi connectivity index (χ0n) is 10.7. The van der Waals surface area contributed by atoms with Crippen LogP contribution in [0.4, 0.5) is 0 Å². The molecule has 6 heteroatoms. The van der Waals surface area contributed by atoms with Gasteiger partial charge < -0.3 is 9.80 Å². The van der Waals surface area contributed by atoms with E-state index in [0.717, 1.165) is 19.4 Å². The van der Waals surface area contributed by atoms with Crippen LogP contribution in [0.3, 0.4) is 0 Å². The van der Waals surface area contributed by atoms with Gasteiger partial charge in [0.1, 0.15) is 5.69 Å². The minimum absolute atomic E-state index is 0.113. The molecule has 0 bridgehead atoms. The molecule has 1 aliphatic rings. The number of likely N-dealkylation sites (N-methyl/N-ethyl adjacent to an activating group) is 1. The summed E-state index contributed by atoms with van der Waals surface area (Å²) in [6, 6.07) is 3.19. The SMILES string of the molecule is CN(C)C1CCCN(C(=O)c2ccc(=O)[nH]n2)C1. The van der Waals surface area contributed by atoms with E-state index in [1.807, 2.05) is 14.1 Å². The number of likely N-dealkylation sites (tertiary alicyclic amines) is 1. The van der Waals surface area contributed by atoms with Crippen molar-refractivity contribution in [3.63, 3.8) is 0 Å². The van der Waals surface area contributed by atoms with Gasteiger partial charge in [0.05, 0.1) is 0 Å². The van der Waals surface area contributed by atoms with E-state index in [-0.39, 0.29) is 11.5 Å². The molecule has 0 saturated carbocycles. The maximum absolute atomic E-state index is 12.2. The van der Waals surface area contributed by atoms with Crippen molar-refractivity contribution in [3.8, 4) is 0 Å². The number of nitrogens with zero attached hydrogens (tertiary/aromatic N) is 3.